The zero-order chi connectivity index (χ0) is 18.5. The summed E-state index contributed by atoms with van der Waals surface area (Å²) < 4.78 is 19.5. The first kappa shape index (κ1) is 17.7. The van der Waals surface area contributed by atoms with E-state index < -0.39 is 5.82 Å². The SMILES string of the molecule is COc1cccc(C(=O)N2CCCN(c3ccc(C#N)cc3F)CC2)c1. The molecular weight excluding hydrogens is 333 g/mol. The molecule has 0 atom stereocenters. The molecule has 5 nitrogen and oxygen atoms in total. The topological polar surface area (TPSA) is 56.6 Å². The number of carbonyl (C=O) groups is 1. The van der Waals surface area contributed by atoms with Crippen molar-refractivity contribution < 1.29 is 13.9 Å². The molecule has 0 aromatic heterocycles. The van der Waals surface area contributed by atoms with E-state index in [2.05, 4.69) is 0 Å². The first-order valence-electron chi connectivity index (χ1n) is 8.50. The average Bonchev–Trinajstić information content (AvgIpc) is 2.93. The van der Waals surface area contributed by atoms with E-state index in [-0.39, 0.29) is 5.91 Å². The molecule has 0 bridgehead atoms. The smallest absolute Gasteiger partial charge is 0.254 e. The van der Waals surface area contributed by atoms with Crippen molar-refractivity contribution in [2.24, 2.45) is 0 Å². The summed E-state index contributed by atoms with van der Waals surface area (Å²) in [5, 5.41) is 8.87. The monoisotopic (exact) mass is 353 g/mol. The van der Waals surface area contributed by atoms with Crippen molar-refractivity contribution in [3.05, 3.63) is 59.4 Å². The van der Waals surface area contributed by atoms with Crippen molar-refractivity contribution in [2.45, 2.75) is 6.42 Å². The molecule has 0 unspecified atom stereocenters. The lowest BCUT2D eigenvalue weighted by molar-refractivity contribution is 0.0766. The number of nitrogens with zero attached hydrogens (tertiary/aromatic N) is 3. The van der Waals surface area contributed by atoms with Crippen LogP contribution in [0.15, 0.2) is 42.5 Å². The van der Waals surface area contributed by atoms with Crippen LogP contribution in [-0.4, -0.2) is 44.1 Å². The van der Waals surface area contributed by atoms with Crippen molar-refractivity contribution in [1.29, 1.82) is 5.26 Å². The van der Waals surface area contributed by atoms with Crippen LogP contribution in [0.2, 0.25) is 0 Å². The van der Waals surface area contributed by atoms with Crippen LogP contribution < -0.4 is 9.64 Å². The van der Waals surface area contributed by atoms with Crippen LogP contribution >= 0.6 is 0 Å². The molecule has 134 valence electrons. The van der Waals surface area contributed by atoms with Gasteiger partial charge in [0.1, 0.15) is 11.6 Å². The van der Waals surface area contributed by atoms with E-state index in [9.17, 15) is 9.18 Å². The summed E-state index contributed by atoms with van der Waals surface area (Å²) in [4.78, 5) is 16.5. The van der Waals surface area contributed by atoms with Gasteiger partial charge >= 0.3 is 0 Å². The van der Waals surface area contributed by atoms with E-state index in [0.29, 0.717) is 48.7 Å². The third-order valence-electron chi connectivity index (χ3n) is 4.52. The lowest BCUT2D eigenvalue weighted by Gasteiger charge is -2.24. The second-order valence-corrected chi connectivity index (χ2v) is 6.14. The quantitative estimate of drug-likeness (QED) is 0.851. The highest BCUT2D eigenvalue weighted by atomic mass is 19.1. The normalized spacial score (nSPS) is 14.5. The molecule has 3 rings (SSSR count). The molecule has 1 fully saturated rings. The fraction of sp³-hybridized carbons (Fsp3) is 0.300. The van der Waals surface area contributed by atoms with Gasteiger partial charge in [0.05, 0.1) is 24.4 Å². The van der Waals surface area contributed by atoms with Crippen LogP contribution in [0.25, 0.3) is 0 Å². The average molecular weight is 353 g/mol. The predicted octanol–water partition coefficient (Wildman–Crippen LogP) is 3.06. The van der Waals surface area contributed by atoms with Gasteiger partial charge < -0.3 is 14.5 Å². The Hall–Kier alpha value is -3.07. The van der Waals surface area contributed by atoms with Crippen molar-refractivity contribution in [3.63, 3.8) is 0 Å². The molecule has 0 saturated carbocycles. The number of rotatable bonds is 3. The molecule has 1 heterocycles. The molecule has 2 aromatic carbocycles. The number of hydrogen-bond donors (Lipinski definition) is 0. The number of carbonyl (C=O) groups excluding carboxylic acids is 1. The molecule has 1 aliphatic rings. The van der Waals surface area contributed by atoms with Crippen LogP contribution in [0.3, 0.4) is 0 Å². The summed E-state index contributed by atoms with van der Waals surface area (Å²) in [6.45, 7) is 2.32. The number of methoxy groups -OCH3 is 1. The molecule has 0 radical (unpaired) electrons. The molecule has 1 saturated heterocycles. The molecule has 6 heteroatoms. The first-order valence-corrected chi connectivity index (χ1v) is 8.50. The number of nitriles is 1. The molecule has 2 aromatic rings. The van der Waals surface area contributed by atoms with Crippen LogP contribution in [0.4, 0.5) is 10.1 Å². The van der Waals surface area contributed by atoms with Gasteiger partial charge in [0, 0.05) is 31.7 Å². The Kier molecular flexibility index (Phi) is 5.37. The summed E-state index contributed by atoms with van der Waals surface area (Å²) in [5.41, 5.74) is 1.36. The Morgan fingerprint density at radius 3 is 2.73 bits per heavy atom. The van der Waals surface area contributed by atoms with E-state index in [0.717, 1.165) is 6.42 Å². The van der Waals surface area contributed by atoms with Gasteiger partial charge in [-0.15, -0.1) is 0 Å². The number of ether oxygens (including phenoxy) is 1. The van der Waals surface area contributed by atoms with Gasteiger partial charge in [-0.1, -0.05) is 6.07 Å². The molecule has 0 spiro atoms. The van der Waals surface area contributed by atoms with E-state index in [1.807, 2.05) is 11.0 Å². The number of anilines is 1. The molecule has 1 amide bonds. The highest BCUT2D eigenvalue weighted by Gasteiger charge is 2.22. The third-order valence-corrected chi connectivity index (χ3v) is 4.52. The standard InChI is InChI=1S/C20H20FN3O2/c1-26-17-5-2-4-16(13-17)20(25)24-9-3-8-23(10-11-24)19-7-6-15(14-22)12-18(19)21/h2,4-7,12-13H,3,8-11H2,1H3. The first-order chi connectivity index (χ1) is 12.6. The summed E-state index contributed by atoms with van der Waals surface area (Å²) in [5.74, 6) is 0.189. The molecule has 0 N–H and O–H groups in total. The van der Waals surface area contributed by atoms with Crippen LogP contribution in [0.1, 0.15) is 22.3 Å². The van der Waals surface area contributed by atoms with Crippen molar-refractivity contribution in [2.75, 3.05) is 38.2 Å². The lowest BCUT2D eigenvalue weighted by Crippen LogP contribution is -2.35. The highest BCUT2D eigenvalue weighted by molar-refractivity contribution is 5.94. The Labute approximate surface area is 152 Å². The van der Waals surface area contributed by atoms with Gasteiger partial charge in [-0.2, -0.15) is 5.26 Å². The summed E-state index contributed by atoms with van der Waals surface area (Å²) >= 11 is 0. The lowest BCUT2D eigenvalue weighted by atomic mass is 10.2. The predicted molar refractivity (Wildman–Crippen MR) is 96.8 cm³/mol. The maximum Gasteiger partial charge on any atom is 0.254 e. The van der Waals surface area contributed by atoms with Crippen LogP contribution in [0, 0.1) is 17.1 Å². The molecular formula is C20H20FN3O2. The minimum absolute atomic E-state index is 0.0500. The van der Waals surface area contributed by atoms with Gasteiger partial charge in [-0.3, -0.25) is 4.79 Å². The van der Waals surface area contributed by atoms with Crippen LogP contribution in [0.5, 0.6) is 5.75 Å². The number of hydrogen-bond acceptors (Lipinski definition) is 4. The van der Waals surface area contributed by atoms with E-state index >= 15 is 0 Å². The van der Waals surface area contributed by atoms with Crippen LogP contribution in [-0.2, 0) is 0 Å². The highest BCUT2D eigenvalue weighted by Crippen LogP contribution is 2.22. The number of benzene rings is 2. The van der Waals surface area contributed by atoms with E-state index in [1.54, 1.807) is 48.4 Å². The maximum atomic E-state index is 14.3. The molecule has 1 aliphatic heterocycles. The zero-order valence-corrected chi connectivity index (χ0v) is 14.6. The largest absolute Gasteiger partial charge is 0.497 e. The molecule has 26 heavy (non-hydrogen) atoms. The fourth-order valence-electron chi connectivity index (χ4n) is 3.13. The second-order valence-electron chi connectivity index (χ2n) is 6.14. The van der Waals surface area contributed by atoms with Gasteiger partial charge in [0.15, 0.2) is 0 Å². The minimum Gasteiger partial charge on any atom is -0.497 e. The van der Waals surface area contributed by atoms with E-state index in [4.69, 9.17) is 10.00 Å². The Bertz CT molecular complexity index is 847. The summed E-state index contributed by atoms with van der Waals surface area (Å²) in [6, 6.07) is 13.5. The fourth-order valence-corrected chi connectivity index (χ4v) is 3.13. The Morgan fingerprint density at radius 2 is 2.00 bits per heavy atom. The van der Waals surface area contributed by atoms with E-state index in [1.165, 1.54) is 6.07 Å². The van der Waals surface area contributed by atoms with Crippen molar-refractivity contribution in [3.8, 4) is 11.8 Å². The maximum absolute atomic E-state index is 14.3. The number of halogens is 1. The Balaban J connectivity index is 1.72. The second kappa shape index (κ2) is 7.87. The minimum atomic E-state index is -0.406. The van der Waals surface area contributed by atoms with Gasteiger partial charge in [0.25, 0.3) is 5.91 Å². The third kappa shape index (κ3) is 3.77. The number of amides is 1. The van der Waals surface area contributed by atoms with Crippen molar-refractivity contribution >= 4 is 11.6 Å². The summed E-state index contributed by atoms with van der Waals surface area (Å²) in [6.07, 6.45) is 0.745. The zero-order valence-electron chi connectivity index (χ0n) is 14.6. The molecule has 0 aliphatic carbocycles. The Morgan fingerprint density at radius 1 is 1.15 bits per heavy atom. The summed E-state index contributed by atoms with van der Waals surface area (Å²) in [7, 11) is 1.57. The van der Waals surface area contributed by atoms with Gasteiger partial charge in [0.2, 0.25) is 0 Å². The van der Waals surface area contributed by atoms with Gasteiger partial charge in [-0.05, 0) is 42.8 Å². The van der Waals surface area contributed by atoms with Crippen molar-refractivity contribution in [1.82, 2.24) is 4.90 Å². The van der Waals surface area contributed by atoms with Gasteiger partial charge in [-0.25, -0.2) is 4.39 Å².